The summed E-state index contributed by atoms with van der Waals surface area (Å²) in [6, 6.07) is 0. The standard InChI is InChI=1S/C48H90NO7P/c1-6-8-10-12-14-16-18-20-21-22-23-24-25-26-27-28-29-30-31-33-35-37-39-41-48(50)56-47(46-55-57(51,52)54-44-42-49(3,4)5)45-53-43-40-38-36-34-32-19-17-15-13-11-9-7-2/h8,10,14,16,20-21,23-24,47H,6-7,9,11-13,15,17-19,22,25-46H2,1-5H3/p+1/b10-8-,16-14-,21-20-,24-23-. The van der Waals surface area contributed by atoms with Gasteiger partial charge in [-0.3, -0.25) is 13.8 Å². The Labute approximate surface area is 352 Å². The van der Waals surface area contributed by atoms with Crippen LogP contribution in [0.1, 0.15) is 194 Å². The highest BCUT2D eigenvalue weighted by atomic mass is 31.2. The average Bonchev–Trinajstić information content (AvgIpc) is 3.16. The summed E-state index contributed by atoms with van der Waals surface area (Å²) in [6.07, 6.45) is 50.0. The molecule has 0 aliphatic carbocycles. The Kier molecular flexibility index (Phi) is 40.1. The number of carbonyl (C=O) groups is 1. The van der Waals surface area contributed by atoms with E-state index in [1.54, 1.807) is 0 Å². The summed E-state index contributed by atoms with van der Waals surface area (Å²) in [5.74, 6) is -0.318. The van der Waals surface area contributed by atoms with Gasteiger partial charge in [0.25, 0.3) is 0 Å². The van der Waals surface area contributed by atoms with E-state index in [0.29, 0.717) is 24.1 Å². The van der Waals surface area contributed by atoms with Gasteiger partial charge in [-0.25, -0.2) is 4.57 Å². The van der Waals surface area contributed by atoms with Gasteiger partial charge in [-0.2, -0.15) is 0 Å². The van der Waals surface area contributed by atoms with Crippen molar-refractivity contribution in [1.29, 1.82) is 0 Å². The maximum absolute atomic E-state index is 12.7. The van der Waals surface area contributed by atoms with Crippen LogP contribution in [0.15, 0.2) is 48.6 Å². The molecule has 334 valence electrons. The molecule has 0 saturated carbocycles. The Balaban J connectivity index is 4.14. The van der Waals surface area contributed by atoms with Crippen LogP contribution in [0, 0.1) is 0 Å². The molecule has 2 atom stereocenters. The van der Waals surface area contributed by atoms with Gasteiger partial charge >= 0.3 is 13.8 Å². The Bertz CT molecular complexity index is 1050. The summed E-state index contributed by atoms with van der Waals surface area (Å²) in [7, 11) is 1.67. The highest BCUT2D eigenvalue weighted by Crippen LogP contribution is 2.43. The molecule has 0 saturated heterocycles. The lowest BCUT2D eigenvalue weighted by atomic mass is 10.0. The second-order valence-corrected chi connectivity index (χ2v) is 18.2. The lowest BCUT2D eigenvalue weighted by Gasteiger charge is -2.24. The second-order valence-electron chi connectivity index (χ2n) is 16.8. The van der Waals surface area contributed by atoms with Gasteiger partial charge in [-0.05, 0) is 51.4 Å². The van der Waals surface area contributed by atoms with Gasteiger partial charge in [0.1, 0.15) is 19.3 Å². The molecule has 57 heavy (non-hydrogen) atoms. The summed E-state index contributed by atoms with van der Waals surface area (Å²) in [5, 5.41) is 0. The SMILES string of the molecule is CC/C=C\C/C=C\C/C=C\C/C=C\CCCCCCCCCCCCC(=O)OC(COCCCCCCCCCCCCCC)COP(=O)(O)OCC[N+](C)(C)C. The normalized spacial score (nSPS) is 14.1. The number of ether oxygens (including phenoxy) is 2. The van der Waals surface area contributed by atoms with Crippen molar-refractivity contribution in [2.24, 2.45) is 0 Å². The first-order valence-corrected chi connectivity index (χ1v) is 24.9. The zero-order valence-electron chi connectivity index (χ0n) is 37.8. The minimum Gasteiger partial charge on any atom is -0.457 e. The maximum atomic E-state index is 12.7. The molecule has 0 aliphatic rings. The van der Waals surface area contributed by atoms with Crippen LogP contribution in [0.3, 0.4) is 0 Å². The summed E-state index contributed by atoms with van der Waals surface area (Å²) < 4.78 is 35.0. The zero-order chi connectivity index (χ0) is 42.0. The number of allylic oxidation sites excluding steroid dienone is 8. The topological polar surface area (TPSA) is 91.3 Å². The molecule has 0 spiro atoms. The largest absolute Gasteiger partial charge is 0.472 e. The van der Waals surface area contributed by atoms with E-state index in [1.807, 2.05) is 21.1 Å². The molecule has 9 heteroatoms. The summed E-state index contributed by atoms with van der Waals surface area (Å²) in [5.41, 5.74) is 0. The fourth-order valence-corrected chi connectivity index (χ4v) is 7.05. The van der Waals surface area contributed by atoms with E-state index in [9.17, 15) is 14.3 Å². The van der Waals surface area contributed by atoms with Crippen molar-refractivity contribution >= 4 is 13.8 Å². The number of hydrogen-bond donors (Lipinski definition) is 1. The molecular weight excluding hydrogens is 734 g/mol. The predicted molar refractivity (Wildman–Crippen MR) is 243 cm³/mol. The van der Waals surface area contributed by atoms with Crippen molar-refractivity contribution in [3.05, 3.63) is 48.6 Å². The van der Waals surface area contributed by atoms with Crippen LogP contribution < -0.4 is 0 Å². The highest BCUT2D eigenvalue weighted by Gasteiger charge is 2.26. The molecular formula is C48H91NO7P+. The Hall–Kier alpha value is -1.54. The lowest BCUT2D eigenvalue weighted by molar-refractivity contribution is -0.870. The number of likely N-dealkylation sites (N-methyl/N-ethyl adjacent to an activating group) is 1. The average molecular weight is 825 g/mol. The van der Waals surface area contributed by atoms with Crippen LogP contribution in [0.2, 0.25) is 0 Å². The molecule has 0 aromatic carbocycles. The number of hydrogen-bond acceptors (Lipinski definition) is 6. The lowest BCUT2D eigenvalue weighted by Crippen LogP contribution is -2.37. The molecule has 0 rings (SSSR count). The molecule has 0 aliphatic heterocycles. The predicted octanol–water partition coefficient (Wildman–Crippen LogP) is 13.9. The summed E-state index contributed by atoms with van der Waals surface area (Å²) in [4.78, 5) is 22.9. The quantitative estimate of drug-likeness (QED) is 0.0215. The van der Waals surface area contributed by atoms with Crippen molar-refractivity contribution in [2.45, 2.75) is 200 Å². The molecule has 0 amide bonds. The number of nitrogens with zero attached hydrogens (tertiary/aromatic N) is 1. The number of unbranched alkanes of at least 4 members (excludes halogenated alkanes) is 21. The van der Waals surface area contributed by atoms with E-state index in [2.05, 4.69) is 62.5 Å². The summed E-state index contributed by atoms with van der Waals surface area (Å²) in [6.45, 7) is 5.52. The molecule has 1 N–H and O–H groups in total. The van der Waals surface area contributed by atoms with E-state index in [0.717, 1.165) is 57.8 Å². The number of esters is 1. The summed E-state index contributed by atoms with van der Waals surface area (Å²) >= 11 is 0. The molecule has 0 heterocycles. The minimum atomic E-state index is -4.27. The van der Waals surface area contributed by atoms with E-state index in [1.165, 1.54) is 116 Å². The van der Waals surface area contributed by atoms with Gasteiger partial charge in [-0.1, -0.05) is 184 Å². The fourth-order valence-electron chi connectivity index (χ4n) is 6.31. The van der Waals surface area contributed by atoms with Crippen LogP contribution >= 0.6 is 7.82 Å². The van der Waals surface area contributed by atoms with Crippen molar-refractivity contribution < 1.29 is 37.3 Å². The Morgan fingerprint density at radius 3 is 1.53 bits per heavy atom. The van der Waals surface area contributed by atoms with E-state index in [-0.39, 0.29) is 25.8 Å². The molecule has 0 aromatic rings. The van der Waals surface area contributed by atoms with Crippen LogP contribution in [0.25, 0.3) is 0 Å². The molecule has 8 nitrogen and oxygen atoms in total. The monoisotopic (exact) mass is 825 g/mol. The van der Waals surface area contributed by atoms with Gasteiger partial charge < -0.3 is 18.9 Å². The van der Waals surface area contributed by atoms with Crippen LogP contribution in [-0.2, 0) is 27.9 Å². The Morgan fingerprint density at radius 1 is 0.561 bits per heavy atom. The molecule has 2 unspecified atom stereocenters. The smallest absolute Gasteiger partial charge is 0.457 e. The fraction of sp³-hybridized carbons (Fsp3) is 0.812. The van der Waals surface area contributed by atoms with Gasteiger partial charge in [0, 0.05) is 13.0 Å². The molecule has 0 bridgehead atoms. The van der Waals surface area contributed by atoms with Crippen molar-refractivity contribution in [3.8, 4) is 0 Å². The van der Waals surface area contributed by atoms with Crippen LogP contribution in [0.4, 0.5) is 0 Å². The number of rotatable bonds is 43. The number of phosphoric acid groups is 1. The first kappa shape index (κ1) is 55.5. The third-order valence-corrected chi connectivity index (χ3v) is 10.9. The Morgan fingerprint density at radius 2 is 1.02 bits per heavy atom. The van der Waals surface area contributed by atoms with Crippen LogP contribution in [0.5, 0.6) is 0 Å². The molecule has 0 aromatic heterocycles. The van der Waals surface area contributed by atoms with Gasteiger partial charge in [0.2, 0.25) is 0 Å². The minimum absolute atomic E-state index is 0.0877. The second kappa shape index (κ2) is 41.2. The van der Waals surface area contributed by atoms with Gasteiger partial charge in [-0.15, -0.1) is 0 Å². The number of phosphoric ester groups is 1. The number of quaternary nitrogens is 1. The van der Waals surface area contributed by atoms with E-state index >= 15 is 0 Å². The van der Waals surface area contributed by atoms with Crippen LogP contribution in [-0.4, -0.2) is 75.6 Å². The first-order valence-electron chi connectivity index (χ1n) is 23.4. The van der Waals surface area contributed by atoms with Crippen molar-refractivity contribution in [3.63, 3.8) is 0 Å². The van der Waals surface area contributed by atoms with Crippen molar-refractivity contribution in [1.82, 2.24) is 0 Å². The zero-order valence-corrected chi connectivity index (χ0v) is 38.7. The third kappa shape index (κ3) is 45.4. The maximum Gasteiger partial charge on any atom is 0.472 e. The van der Waals surface area contributed by atoms with Gasteiger partial charge in [0.05, 0.1) is 34.4 Å². The van der Waals surface area contributed by atoms with E-state index < -0.39 is 13.9 Å². The van der Waals surface area contributed by atoms with Crippen molar-refractivity contribution in [2.75, 3.05) is 54.1 Å². The third-order valence-electron chi connectivity index (χ3n) is 9.90. The number of carbonyl (C=O) groups excluding carboxylic acids is 1. The first-order chi connectivity index (χ1) is 27.6. The molecule has 0 radical (unpaired) electrons. The highest BCUT2D eigenvalue weighted by molar-refractivity contribution is 7.47. The van der Waals surface area contributed by atoms with E-state index in [4.69, 9.17) is 18.5 Å². The van der Waals surface area contributed by atoms with Gasteiger partial charge in [0.15, 0.2) is 0 Å². The molecule has 0 fully saturated rings.